The number of rotatable bonds is 4. The zero-order valence-corrected chi connectivity index (χ0v) is 8.03. The predicted octanol–water partition coefficient (Wildman–Crippen LogP) is 2.38. The SMILES string of the molecule is O=CCCc1ccc(Cl)cc1[N+](=O)[O-]. The van der Waals surface area contributed by atoms with E-state index in [0.29, 0.717) is 17.0 Å². The zero-order chi connectivity index (χ0) is 10.6. The van der Waals surface area contributed by atoms with Crippen molar-refractivity contribution < 1.29 is 9.72 Å². The standard InChI is InChI=1S/C9H8ClNO3/c10-8-4-3-7(2-1-5-12)9(6-8)11(13)14/h3-6H,1-2H2. The van der Waals surface area contributed by atoms with Crippen molar-refractivity contribution in [3.8, 4) is 0 Å². The van der Waals surface area contributed by atoms with Gasteiger partial charge in [-0.1, -0.05) is 17.7 Å². The fraction of sp³-hybridized carbons (Fsp3) is 0.222. The number of halogens is 1. The summed E-state index contributed by atoms with van der Waals surface area (Å²) in [5, 5.41) is 10.9. The molecule has 74 valence electrons. The molecule has 0 aromatic heterocycles. The molecule has 14 heavy (non-hydrogen) atoms. The average molecular weight is 214 g/mol. The van der Waals surface area contributed by atoms with Crippen molar-refractivity contribution in [2.45, 2.75) is 12.8 Å². The van der Waals surface area contributed by atoms with E-state index < -0.39 is 4.92 Å². The van der Waals surface area contributed by atoms with Crippen molar-refractivity contribution in [2.75, 3.05) is 0 Å². The van der Waals surface area contributed by atoms with Crippen LogP contribution < -0.4 is 0 Å². The Bertz CT molecular complexity index is 365. The lowest BCUT2D eigenvalue weighted by Crippen LogP contribution is -1.95. The maximum atomic E-state index is 10.6. The minimum atomic E-state index is -0.494. The third kappa shape index (κ3) is 2.53. The molecule has 0 aliphatic carbocycles. The highest BCUT2D eigenvalue weighted by molar-refractivity contribution is 6.30. The largest absolute Gasteiger partial charge is 0.303 e. The molecule has 0 amide bonds. The Kier molecular flexibility index (Phi) is 3.59. The van der Waals surface area contributed by atoms with Crippen LogP contribution in [0.5, 0.6) is 0 Å². The van der Waals surface area contributed by atoms with Crippen molar-refractivity contribution in [1.29, 1.82) is 0 Å². The molecule has 0 bridgehead atoms. The summed E-state index contributed by atoms with van der Waals surface area (Å²) in [5.41, 5.74) is 0.505. The van der Waals surface area contributed by atoms with E-state index in [1.807, 2.05) is 0 Å². The lowest BCUT2D eigenvalue weighted by atomic mass is 10.1. The summed E-state index contributed by atoms with van der Waals surface area (Å²) in [4.78, 5) is 20.2. The molecule has 0 aliphatic heterocycles. The molecular weight excluding hydrogens is 206 g/mol. The van der Waals surface area contributed by atoms with Gasteiger partial charge in [0, 0.05) is 23.1 Å². The Morgan fingerprint density at radius 2 is 2.21 bits per heavy atom. The van der Waals surface area contributed by atoms with E-state index in [9.17, 15) is 14.9 Å². The lowest BCUT2D eigenvalue weighted by molar-refractivity contribution is -0.385. The highest BCUT2D eigenvalue weighted by atomic mass is 35.5. The third-order valence-corrected chi connectivity index (χ3v) is 2.01. The Hall–Kier alpha value is -1.42. The summed E-state index contributed by atoms with van der Waals surface area (Å²) in [6.07, 6.45) is 1.39. The molecule has 0 aliphatic rings. The van der Waals surface area contributed by atoms with Gasteiger partial charge in [0.25, 0.3) is 5.69 Å². The van der Waals surface area contributed by atoms with E-state index in [-0.39, 0.29) is 12.1 Å². The van der Waals surface area contributed by atoms with Crippen LogP contribution in [-0.2, 0) is 11.2 Å². The second kappa shape index (κ2) is 4.72. The van der Waals surface area contributed by atoms with Crippen LogP contribution in [-0.4, -0.2) is 11.2 Å². The van der Waals surface area contributed by atoms with Gasteiger partial charge in [0.05, 0.1) is 4.92 Å². The molecule has 0 saturated heterocycles. The van der Waals surface area contributed by atoms with E-state index in [0.717, 1.165) is 6.29 Å². The molecule has 4 nitrogen and oxygen atoms in total. The van der Waals surface area contributed by atoms with Crippen LogP contribution in [0.4, 0.5) is 5.69 Å². The number of aldehydes is 1. The molecule has 0 radical (unpaired) electrons. The van der Waals surface area contributed by atoms with Crippen molar-refractivity contribution >= 4 is 23.6 Å². The number of nitrogens with zero attached hydrogens (tertiary/aromatic N) is 1. The molecule has 0 unspecified atom stereocenters. The van der Waals surface area contributed by atoms with Gasteiger partial charge in [0.1, 0.15) is 6.29 Å². The molecule has 1 aromatic rings. The molecule has 0 heterocycles. The average Bonchev–Trinajstić information content (AvgIpc) is 2.15. The molecule has 0 saturated carbocycles. The fourth-order valence-electron chi connectivity index (χ4n) is 1.13. The molecule has 0 atom stereocenters. The number of hydrogen-bond donors (Lipinski definition) is 0. The first-order valence-electron chi connectivity index (χ1n) is 4.01. The fourth-order valence-corrected chi connectivity index (χ4v) is 1.30. The van der Waals surface area contributed by atoms with Gasteiger partial charge in [0.15, 0.2) is 0 Å². The van der Waals surface area contributed by atoms with Crippen LogP contribution in [0.25, 0.3) is 0 Å². The van der Waals surface area contributed by atoms with Gasteiger partial charge in [-0.25, -0.2) is 0 Å². The molecule has 0 fully saturated rings. The van der Waals surface area contributed by atoms with Crippen LogP contribution in [0.3, 0.4) is 0 Å². The first-order valence-corrected chi connectivity index (χ1v) is 4.39. The summed E-state index contributed by atoms with van der Waals surface area (Å²) in [7, 11) is 0. The zero-order valence-electron chi connectivity index (χ0n) is 7.27. The second-order valence-electron chi connectivity index (χ2n) is 2.74. The summed E-state index contributed by atoms with van der Waals surface area (Å²) < 4.78 is 0. The number of nitro benzene ring substituents is 1. The highest BCUT2D eigenvalue weighted by Crippen LogP contribution is 2.23. The number of aryl methyl sites for hydroxylation is 1. The van der Waals surface area contributed by atoms with Gasteiger partial charge in [0.2, 0.25) is 0 Å². The highest BCUT2D eigenvalue weighted by Gasteiger charge is 2.13. The first kappa shape index (κ1) is 10.7. The maximum absolute atomic E-state index is 10.6. The number of carbonyl (C=O) groups excluding carboxylic acids is 1. The lowest BCUT2D eigenvalue weighted by Gasteiger charge is -2.00. The molecule has 0 spiro atoms. The molecule has 5 heteroatoms. The molecule has 0 N–H and O–H groups in total. The minimum absolute atomic E-state index is 0.0284. The second-order valence-corrected chi connectivity index (χ2v) is 3.17. The van der Waals surface area contributed by atoms with Crippen LogP contribution in [0.1, 0.15) is 12.0 Å². The van der Waals surface area contributed by atoms with Crippen LogP contribution >= 0.6 is 11.6 Å². The topological polar surface area (TPSA) is 60.2 Å². The maximum Gasteiger partial charge on any atom is 0.274 e. The number of benzene rings is 1. The van der Waals surface area contributed by atoms with Crippen molar-refractivity contribution in [2.24, 2.45) is 0 Å². The van der Waals surface area contributed by atoms with Crippen molar-refractivity contribution in [1.82, 2.24) is 0 Å². The van der Waals surface area contributed by atoms with Gasteiger partial charge >= 0.3 is 0 Å². The normalized spacial score (nSPS) is 9.79. The van der Waals surface area contributed by atoms with Crippen molar-refractivity contribution in [3.63, 3.8) is 0 Å². The Balaban J connectivity index is 3.01. The van der Waals surface area contributed by atoms with Crippen LogP contribution in [0.15, 0.2) is 18.2 Å². The predicted molar refractivity (Wildman–Crippen MR) is 52.5 cm³/mol. The Morgan fingerprint density at radius 1 is 1.50 bits per heavy atom. The Labute approximate surface area is 85.6 Å². The van der Waals surface area contributed by atoms with Crippen molar-refractivity contribution in [3.05, 3.63) is 38.9 Å². The first-order chi connectivity index (χ1) is 6.65. The quantitative estimate of drug-likeness (QED) is 0.438. The van der Waals surface area contributed by atoms with Crippen LogP contribution in [0.2, 0.25) is 5.02 Å². The number of hydrogen-bond acceptors (Lipinski definition) is 3. The van der Waals surface area contributed by atoms with Gasteiger partial charge in [-0.05, 0) is 12.5 Å². The number of carbonyl (C=O) groups is 1. The smallest absolute Gasteiger partial charge is 0.274 e. The molecule has 1 rings (SSSR count). The summed E-state index contributed by atoms with van der Waals surface area (Å²) in [6, 6.07) is 4.44. The van der Waals surface area contributed by atoms with Gasteiger partial charge in [-0.3, -0.25) is 10.1 Å². The molecule has 1 aromatic carbocycles. The van der Waals surface area contributed by atoms with E-state index in [4.69, 9.17) is 11.6 Å². The third-order valence-electron chi connectivity index (χ3n) is 1.78. The molecular formula is C9H8ClNO3. The summed E-state index contributed by atoms with van der Waals surface area (Å²) >= 11 is 5.62. The van der Waals surface area contributed by atoms with Gasteiger partial charge in [-0.15, -0.1) is 0 Å². The van der Waals surface area contributed by atoms with Gasteiger partial charge in [-0.2, -0.15) is 0 Å². The summed E-state index contributed by atoms with van der Waals surface area (Å²) in [5.74, 6) is 0. The monoisotopic (exact) mass is 213 g/mol. The van der Waals surface area contributed by atoms with Gasteiger partial charge < -0.3 is 4.79 Å². The minimum Gasteiger partial charge on any atom is -0.303 e. The van der Waals surface area contributed by atoms with Crippen LogP contribution in [0, 0.1) is 10.1 Å². The summed E-state index contributed by atoms with van der Waals surface area (Å²) in [6.45, 7) is 0. The number of nitro groups is 1. The Morgan fingerprint density at radius 3 is 2.79 bits per heavy atom. The van der Waals surface area contributed by atoms with E-state index in [1.54, 1.807) is 12.1 Å². The van der Waals surface area contributed by atoms with E-state index >= 15 is 0 Å². The van der Waals surface area contributed by atoms with E-state index in [1.165, 1.54) is 6.07 Å². The van der Waals surface area contributed by atoms with E-state index in [2.05, 4.69) is 0 Å².